The molecule has 0 aliphatic carbocycles. The van der Waals surface area contributed by atoms with Gasteiger partial charge >= 0.3 is 0 Å². The zero-order valence-electron chi connectivity index (χ0n) is 23.7. The Kier molecular flexibility index (Phi) is 5.47. The third kappa shape index (κ3) is 3.85. The van der Waals surface area contributed by atoms with Crippen LogP contribution in [0.1, 0.15) is 0 Å². The second kappa shape index (κ2) is 9.79. The van der Waals surface area contributed by atoms with Gasteiger partial charge in [-0.15, -0.1) is 0 Å². The maximum atomic E-state index is 6.29. The van der Waals surface area contributed by atoms with Crippen molar-refractivity contribution in [3.63, 3.8) is 0 Å². The molecule has 0 aliphatic rings. The molecule has 0 saturated heterocycles. The molecule has 0 N–H and O–H groups in total. The fourth-order valence-corrected chi connectivity index (χ4v) is 6.38. The average molecular weight is 564 g/mol. The standard InChI is InChI=1S/C40H25N3O/c1-3-11-26(12-4-1)33-25-34(42-40(41-33)28-13-5-2-6-14-28)27-19-21-29(22-20-27)43-35-17-9-7-15-30(35)31-23-24-37-38(39(31)43)32-16-8-10-18-36(32)44-37/h1-25H. The molecule has 4 heteroatoms. The van der Waals surface area contributed by atoms with E-state index in [0.717, 1.165) is 66.7 Å². The van der Waals surface area contributed by atoms with Crippen molar-refractivity contribution < 1.29 is 4.42 Å². The van der Waals surface area contributed by atoms with Crippen molar-refractivity contribution in [3.8, 4) is 39.6 Å². The van der Waals surface area contributed by atoms with Gasteiger partial charge in [0.1, 0.15) is 11.2 Å². The molecule has 3 heterocycles. The summed E-state index contributed by atoms with van der Waals surface area (Å²) in [5.74, 6) is 0.711. The Morgan fingerprint density at radius 2 is 1.07 bits per heavy atom. The Labute approximate surface area is 253 Å². The molecule has 0 radical (unpaired) electrons. The summed E-state index contributed by atoms with van der Waals surface area (Å²) in [6, 6.07) is 52.4. The van der Waals surface area contributed by atoms with Crippen molar-refractivity contribution in [3.05, 3.63) is 152 Å². The van der Waals surface area contributed by atoms with Crippen LogP contribution in [0.2, 0.25) is 0 Å². The van der Waals surface area contributed by atoms with E-state index in [1.165, 1.54) is 10.8 Å². The van der Waals surface area contributed by atoms with Crippen LogP contribution in [-0.2, 0) is 0 Å². The lowest BCUT2D eigenvalue weighted by molar-refractivity contribution is 0.669. The summed E-state index contributed by atoms with van der Waals surface area (Å²) in [4.78, 5) is 9.98. The van der Waals surface area contributed by atoms with E-state index in [-0.39, 0.29) is 0 Å². The topological polar surface area (TPSA) is 43.9 Å². The normalized spacial score (nSPS) is 11.6. The van der Waals surface area contributed by atoms with E-state index in [4.69, 9.17) is 14.4 Å². The molecule has 3 aromatic heterocycles. The van der Waals surface area contributed by atoms with Crippen molar-refractivity contribution in [1.82, 2.24) is 14.5 Å². The zero-order chi connectivity index (χ0) is 29.0. The number of benzene rings is 6. The molecule has 6 aromatic carbocycles. The molecule has 0 saturated carbocycles. The Hall–Kier alpha value is -6.00. The second-order valence-electron chi connectivity index (χ2n) is 11.0. The smallest absolute Gasteiger partial charge is 0.160 e. The van der Waals surface area contributed by atoms with Crippen molar-refractivity contribution >= 4 is 43.7 Å². The summed E-state index contributed by atoms with van der Waals surface area (Å²) >= 11 is 0. The van der Waals surface area contributed by atoms with Gasteiger partial charge in [-0.2, -0.15) is 0 Å². The summed E-state index contributed by atoms with van der Waals surface area (Å²) in [5, 5.41) is 4.68. The summed E-state index contributed by atoms with van der Waals surface area (Å²) in [6.07, 6.45) is 0. The van der Waals surface area contributed by atoms with Crippen LogP contribution in [0.25, 0.3) is 83.3 Å². The highest BCUT2D eigenvalue weighted by Gasteiger charge is 2.19. The second-order valence-corrected chi connectivity index (χ2v) is 11.0. The molecule has 0 amide bonds. The van der Waals surface area contributed by atoms with Crippen LogP contribution in [0.4, 0.5) is 0 Å². The molecule has 0 atom stereocenters. The van der Waals surface area contributed by atoms with Crippen LogP contribution in [0, 0.1) is 0 Å². The molecule has 0 bridgehead atoms. The van der Waals surface area contributed by atoms with Gasteiger partial charge in [0.25, 0.3) is 0 Å². The van der Waals surface area contributed by atoms with E-state index in [1.807, 2.05) is 48.5 Å². The van der Waals surface area contributed by atoms with E-state index < -0.39 is 0 Å². The van der Waals surface area contributed by atoms with Crippen molar-refractivity contribution in [2.45, 2.75) is 0 Å². The molecule has 206 valence electrons. The summed E-state index contributed by atoms with van der Waals surface area (Å²) in [5.41, 5.74) is 10.1. The Bertz CT molecular complexity index is 2420. The van der Waals surface area contributed by atoms with E-state index in [9.17, 15) is 0 Å². The van der Waals surface area contributed by atoms with E-state index in [2.05, 4.69) is 108 Å². The predicted octanol–water partition coefficient (Wildman–Crippen LogP) is 10.5. The first kappa shape index (κ1) is 24.6. The van der Waals surface area contributed by atoms with Crippen molar-refractivity contribution in [2.75, 3.05) is 0 Å². The van der Waals surface area contributed by atoms with Crippen LogP contribution in [-0.4, -0.2) is 14.5 Å². The first-order chi connectivity index (χ1) is 21.8. The Balaban J connectivity index is 1.25. The number of furan rings is 1. The van der Waals surface area contributed by atoms with Crippen LogP contribution in [0.15, 0.2) is 156 Å². The molecule has 44 heavy (non-hydrogen) atoms. The first-order valence-corrected chi connectivity index (χ1v) is 14.8. The molecular formula is C40H25N3O. The van der Waals surface area contributed by atoms with Gasteiger partial charge in [0, 0.05) is 38.5 Å². The summed E-state index contributed by atoms with van der Waals surface area (Å²) < 4.78 is 8.66. The number of nitrogens with zero attached hydrogens (tertiary/aromatic N) is 3. The monoisotopic (exact) mass is 563 g/mol. The molecule has 0 fully saturated rings. The Morgan fingerprint density at radius 1 is 0.455 bits per heavy atom. The van der Waals surface area contributed by atoms with Gasteiger partial charge in [0.15, 0.2) is 5.82 Å². The number of hydrogen-bond donors (Lipinski definition) is 0. The molecule has 0 spiro atoms. The van der Waals surface area contributed by atoms with E-state index >= 15 is 0 Å². The van der Waals surface area contributed by atoms with Crippen molar-refractivity contribution in [1.29, 1.82) is 0 Å². The fraction of sp³-hybridized carbons (Fsp3) is 0. The van der Waals surface area contributed by atoms with Gasteiger partial charge in [-0.3, -0.25) is 0 Å². The minimum atomic E-state index is 0.711. The number of rotatable bonds is 4. The minimum Gasteiger partial charge on any atom is -0.456 e. The van der Waals surface area contributed by atoms with Gasteiger partial charge in [0.2, 0.25) is 0 Å². The van der Waals surface area contributed by atoms with E-state index in [1.54, 1.807) is 0 Å². The zero-order valence-corrected chi connectivity index (χ0v) is 23.7. The predicted molar refractivity (Wildman–Crippen MR) is 180 cm³/mol. The van der Waals surface area contributed by atoms with Gasteiger partial charge in [0.05, 0.1) is 27.8 Å². The number of aromatic nitrogens is 3. The lowest BCUT2D eigenvalue weighted by Crippen LogP contribution is -1.97. The highest BCUT2D eigenvalue weighted by atomic mass is 16.3. The fourth-order valence-electron chi connectivity index (χ4n) is 6.38. The third-order valence-corrected chi connectivity index (χ3v) is 8.42. The van der Waals surface area contributed by atoms with E-state index in [0.29, 0.717) is 5.82 Å². The Morgan fingerprint density at radius 3 is 1.82 bits per heavy atom. The van der Waals surface area contributed by atoms with Gasteiger partial charge in [-0.25, -0.2) is 9.97 Å². The highest BCUT2D eigenvalue weighted by molar-refractivity contribution is 6.24. The van der Waals surface area contributed by atoms with Crippen LogP contribution < -0.4 is 0 Å². The lowest BCUT2D eigenvalue weighted by atomic mass is 10.1. The van der Waals surface area contributed by atoms with Gasteiger partial charge in [-0.05, 0) is 42.5 Å². The quantitative estimate of drug-likeness (QED) is 0.214. The van der Waals surface area contributed by atoms with Crippen LogP contribution in [0.3, 0.4) is 0 Å². The molecule has 0 unspecified atom stereocenters. The van der Waals surface area contributed by atoms with Gasteiger partial charge < -0.3 is 8.98 Å². The molecule has 9 aromatic rings. The largest absolute Gasteiger partial charge is 0.456 e. The highest BCUT2D eigenvalue weighted by Crippen LogP contribution is 2.41. The SMILES string of the molecule is c1ccc(-c2cc(-c3ccc(-n4c5ccccc5c5ccc6oc7ccccc7c6c54)cc3)nc(-c3ccccc3)n2)cc1. The average Bonchev–Trinajstić information content (AvgIpc) is 3.65. The molecule has 9 rings (SSSR count). The minimum absolute atomic E-state index is 0.711. The van der Waals surface area contributed by atoms with Crippen LogP contribution >= 0.6 is 0 Å². The maximum Gasteiger partial charge on any atom is 0.160 e. The van der Waals surface area contributed by atoms with Gasteiger partial charge in [-0.1, -0.05) is 109 Å². The summed E-state index contributed by atoms with van der Waals surface area (Å²) in [6.45, 7) is 0. The molecule has 4 nitrogen and oxygen atoms in total. The molecular weight excluding hydrogens is 538 g/mol. The first-order valence-electron chi connectivity index (χ1n) is 14.8. The number of fused-ring (bicyclic) bond motifs is 7. The lowest BCUT2D eigenvalue weighted by Gasteiger charge is -2.12. The molecule has 0 aliphatic heterocycles. The number of hydrogen-bond acceptors (Lipinski definition) is 3. The number of para-hydroxylation sites is 2. The van der Waals surface area contributed by atoms with Crippen molar-refractivity contribution in [2.24, 2.45) is 0 Å². The maximum absolute atomic E-state index is 6.29. The summed E-state index contributed by atoms with van der Waals surface area (Å²) in [7, 11) is 0. The van der Waals surface area contributed by atoms with Crippen LogP contribution in [0.5, 0.6) is 0 Å². The third-order valence-electron chi connectivity index (χ3n) is 8.42.